The first-order valence-corrected chi connectivity index (χ1v) is 12.2. The molecule has 1 aliphatic heterocycles. The SMILES string of the molecule is CCN1CCC(n2cc(C(=O)Nc3cc(Oc4cc5ccn(NC)c5cc4OC)ccn3)cn2)CC1. The molecule has 3 aromatic heterocycles. The summed E-state index contributed by atoms with van der Waals surface area (Å²) in [6, 6.07) is 9.56. The van der Waals surface area contributed by atoms with Crippen LogP contribution in [0.1, 0.15) is 36.2 Å². The Bertz CT molecular complexity index is 1350. The summed E-state index contributed by atoms with van der Waals surface area (Å²) in [6.45, 7) is 5.36. The quantitative estimate of drug-likeness (QED) is 0.384. The topological polar surface area (TPSA) is 98.5 Å². The third-order valence-electron chi connectivity index (χ3n) is 6.66. The maximum Gasteiger partial charge on any atom is 0.260 e. The number of ether oxygens (including phenoxy) is 2. The zero-order chi connectivity index (χ0) is 25.1. The molecule has 10 heteroatoms. The van der Waals surface area contributed by atoms with Crippen LogP contribution in [-0.4, -0.2) is 64.0 Å². The number of carbonyl (C=O) groups excluding carboxylic acids is 1. The summed E-state index contributed by atoms with van der Waals surface area (Å²) >= 11 is 0. The number of pyridine rings is 1. The Labute approximate surface area is 209 Å². The molecule has 0 spiro atoms. The molecular weight excluding hydrogens is 458 g/mol. The second-order valence-electron chi connectivity index (χ2n) is 8.78. The van der Waals surface area contributed by atoms with Crippen LogP contribution in [0.3, 0.4) is 0 Å². The van der Waals surface area contributed by atoms with Crippen molar-refractivity contribution in [3.8, 4) is 17.2 Å². The van der Waals surface area contributed by atoms with E-state index in [1.807, 2.05) is 47.0 Å². The fraction of sp³-hybridized carbons (Fsp3) is 0.346. The van der Waals surface area contributed by atoms with Crippen molar-refractivity contribution in [1.82, 2.24) is 24.3 Å². The Morgan fingerprint density at radius 1 is 1.17 bits per heavy atom. The number of hydrogen-bond acceptors (Lipinski definition) is 7. The molecule has 2 N–H and O–H groups in total. The van der Waals surface area contributed by atoms with Crippen molar-refractivity contribution in [2.24, 2.45) is 0 Å². The van der Waals surface area contributed by atoms with Crippen LogP contribution in [-0.2, 0) is 0 Å². The highest BCUT2D eigenvalue weighted by Gasteiger charge is 2.21. The molecule has 0 saturated carbocycles. The summed E-state index contributed by atoms with van der Waals surface area (Å²) < 4.78 is 15.5. The molecule has 0 unspecified atom stereocenters. The number of methoxy groups -OCH3 is 1. The molecule has 1 saturated heterocycles. The number of likely N-dealkylation sites (tertiary alicyclic amines) is 1. The highest BCUT2D eigenvalue weighted by Crippen LogP contribution is 2.36. The van der Waals surface area contributed by atoms with Gasteiger partial charge in [0, 0.05) is 56.2 Å². The van der Waals surface area contributed by atoms with Gasteiger partial charge in [-0.2, -0.15) is 5.10 Å². The van der Waals surface area contributed by atoms with E-state index in [1.165, 1.54) is 0 Å². The van der Waals surface area contributed by atoms with E-state index >= 15 is 0 Å². The minimum atomic E-state index is -0.260. The Balaban J connectivity index is 1.28. The number of benzene rings is 1. The molecule has 36 heavy (non-hydrogen) atoms. The van der Waals surface area contributed by atoms with Gasteiger partial charge in [-0.15, -0.1) is 0 Å². The van der Waals surface area contributed by atoms with E-state index in [1.54, 1.807) is 31.6 Å². The van der Waals surface area contributed by atoms with Crippen molar-refractivity contribution in [3.63, 3.8) is 0 Å². The van der Waals surface area contributed by atoms with Crippen LogP contribution >= 0.6 is 0 Å². The zero-order valence-corrected chi connectivity index (χ0v) is 20.8. The number of carbonyl (C=O) groups is 1. The van der Waals surface area contributed by atoms with Crippen LogP contribution in [0, 0.1) is 0 Å². The first-order chi connectivity index (χ1) is 17.6. The molecule has 0 radical (unpaired) electrons. The summed E-state index contributed by atoms with van der Waals surface area (Å²) in [5.41, 5.74) is 4.57. The Morgan fingerprint density at radius 2 is 2.00 bits per heavy atom. The number of nitrogens with one attached hydrogen (secondary N) is 2. The van der Waals surface area contributed by atoms with Crippen LogP contribution in [0.2, 0.25) is 0 Å². The summed E-state index contributed by atoms with van der Waals surface area (Å²) in [4.78, 5) is 19.6. The van der Waals surface area contributed by atoms with E-state index in [2.05, 4.69) is 32.6 Å². The first-order valence-electron chi connectivity index (χ1n) is 12.2. The predicted octanol–water partition coefficient (Wildman–Crippen LogP) is 4.12. The van der Waals surface area contributed by atoms with Gasteiger partial charge in [-0.25, -0.2) is 4.98 Å². The summed E-state index contributed by atoms with van der Waals surface area (Å²) in [7, 11) is 3.45. The number of piperidine rings is 1. The third kappa shape index (κ3) is 4.85. The van der Waals surface area contributed by atoms with Crippen LogP contribution in [0.4, 0.5) is 5.82 Å². The highest BCUT2D eigenvalue weighted by atomic mass is 16.5. The van der Waals surface area contributed by atoms with Gasteiger partial charge in [0.15, 0.2) is 11.5 Å². The minimum Gasteiger partial charge on any atom is -0.493 e. The van der Waals surface area contributed by atoms with Crippen molar-refractivity contribution in [2.75, 3.05) is 44.5 Å². The summed E-state index contributed by atoms with van der Waals surface area (Å²) in [5, 5.41) is 8.30. The molecule has 4 aromatic rings. The molecule has 10 nitrogen and oxygen atoms in total. The average Bonchev–Trinajstić information content (AvgIpc) is 3.56. The molecule has 1 fully saturated rings. The lowest BCUT2D eigenvalue weighted by atomic mass is 10.1. The molecule has 0 atom stereocenters. The molecule has 5 rings (SSSR count). The maximum atomic E-state index is 12.9. The van der Waals surface area contributed by atoms with E-state index < -0.39 is 0 Å². The third-order valence-corrected chi connectivity index (χ3v) is 6.66. The molecule has 1 amide bonds. The summed E-state index contributed by atoms with van der Waals surface area (Å²) in [5.74, 6) is 1.83. The number of nitrogens with zero attached hydrogens (tertiary/aromatic N) is 5. The van der Waals surface area contributed by atoms with Gasteiger partial charge in [-0.05, 0) is 37.6 Å². The van der Waals surface area contributed by atoms with Crippen molar-refractivity contribution in [3.05, 3.63) is 60.7 Å². The second-order valence-corrected chi connectivity index (χ2v) is 8.78. The van der Waals surface area contributed by atoms with E-state index in [4.69, 9.17) is 9.47 Å². The van der Waals surface area contributed by atoms with Crippen molar-refractivity contribution >= 4 is 22.6 Å². The molecule has 0 bridgehead atoms. The van der Waals surface area contributed by atoms with Gasteiger partial charge < -0.3 is 25.1 Å². The lowest BCUT2D eigenvalue weighted by Gasteiger charge is -2.31. The van der Waals surface area contributed by atoms with Gasteiger partial charge in [-0.1, -0.05) is 6.92 Å². The Hall–Kier alpha value is -4.05. The summed E-state index contributed by atoms with van der Waals surface area (Å²) in [6.07, 6.45) is 9.03. The number of fused-ring (bicyclic) bond motifs is 1. The van der Waals surface area contributed by atoms with Crippen LogP contribution in [0.15, 0.2) is 55.1 Å². The lowest BCUT2D eigenvalue weighted by Crippen LogP contribution is -2.34. The van der Waals surface area contributed by atoms with Gasteiger partial charge in [-0.3, -0.25) is 14.2 Å². The molecule has 0 aliphatic carbocycles. The highest BCUT2D eigenvalue weighted by molar-refractivity contribution is 6.03. The van der Waals surface area contributed by atoms with Crippen molar-refractivity contribution < 1.29 is 14.3 Å². The maximum absolute atomic E-state index is 12.9. The largest absolute Gasteiger partial charge is 0.493 e. The number of amides is 1. The number of rotatable bonds is 8. The standard InChI is InChI=1S/C26H31N7O3/c1-4-31-10-7-20(8-11-31)33-17-19(16-29-33)26(34)30-25-14-21(5-9-28-25)36-24-13-18-6-12-32(27-2)22(18)15-23(24)35-3/h5-6,9,12-17,20,27H,4,7-8,10-11H2,1-3H3,(H,28,30,34). The Kier molecular flexibility index (Phi) is 6.77. The van der Waals surface area contributed by atoms with E-state index in [0.717, 1.165) is 43.4 Å². The number of hydrogen-bond donors (Lipinski definition) is 2. The fourth-order valence-electron chi connectivity index (χ4n) is 4.59. The van der Waals surface area contributed by atoms with Gasteiger partial charge in [0.25, 0.3) is 5.91 Å². The van der Waals surface area contributed by atoms with Crippen molar-refractivity contribution in [2.45, 2.75) is 25.8 Å². The lowest BCUT2D eigenvalue weighted by molar-refractivity contribution is 0.102. The van der Waals surface area contributed by atoms with Crippen LogP contribution < -0.4 is 20.2 Å². The number of anilines is 1. The predicted molar refractivity (Wildman–Crippen MR) is 139 cm³/mol. The van der Waals surface area contributed by atoms with Gasteiger partial charge >= 0.3 is 0 Å². The average molecular weight is 490 g/mol. The normalized spacial score (nSPS) is 14.6. The van der Waals surface area contributed by atoms with Crippen LogP contribution in [0.25, 0.3) is 10.9 Å². The second kappa shape index (κ2) is 10.3. The molecule has 1 aromatic carbocycles. The fourth-order valence-corrected chi connectivity index (χ4v) is 4.59. The van der Waals surface area contributed by atoms with Crippen molar-refractivity contribution in [1.29, 1.82) is 0 Å². The zero-order valence-electron chi connectivity index (χ0n) is 20.8. The first kappa shape index (κ1) is 23.7. The van der Waals surface area contributed by atoms with Gasteiger partial charge in [0.05, 0.1) is 30.4 Å². The van der Waals surface area contributed by atoms with E-state index in [-0.39, 0.29) is 5.91 Å². The van der Waals surface area contributed by atoms with E-state index in [9.17, 15) is 4.79 Å². The van der Waals surface area contributed by atoms with Gasteiger partial charge in [0.1, 0.15) is 11.6 Å². The molecule has 1 aliphatic rings. The van der Waals surface area contributed by atoms with Crippen LogP contribution in [0.5, 0.6) is 17.2 Å². The minimum absolute atomic E-state index is 0.260. The van der Waals surface area contributed by atoms with Gasteiger partial charge in [0.2, 0.25) is 0 Å². The number of aromatic nitrogens is 4. The molecule has 4 heterocycles. The molecule has 188 valence electrons. The van der Waals surface area contributed by atoms with E-state index in [0.29, 0.717) is 34.7 Å². The monoisotopic (exact) mass is 489 g/mol. The molecular formula is C26H31N7O3. The smallest absolute Gasteiger partial charge is 0.260 e. The Morgan fingerprint density at radius 3 is 2.75 bits per heavy atom.